The van der Waals surface area contributed by atoms with E-state index >= 15 is 0 Å². The summed E-state index contributed by atoms with van der Waals surface area (Å²) in [5, 5.41) is 9.45. The van der Waals surface area contributed by atoms with Crippen LogP contribution in [0.25, 0.3) is 0 Å². The summed E-state index contributed by atoms with van der Waals surface area (Å²) < 4.78 is 0. The van der Waals surface area contributed by atoms with Crippen LogP contribution in [-0.2, 0) is 6.42 Å². The van der Waals surface area contributed by atoms with Gasteiger partial charge < -0.3 is 5.11 Å². The van der Waals surface area contributed by atoms with E-state index in [0.29, 0.717) is 11.8 Å². The molecule has 1 atom stereocenters. The number of hydrogen-bond donors (Lipinski definition) is 1. The molecule has 0 radical (unpaired) electrons. The number of phenolic OH excluding ortho intramolecular Hbond substituents is 1. The van der Waals surface area contributed by atoms with E-state index in [0.717, 1.165) is 12.0 Å². The van der Waals surface area contributed by atoms with Gasteiger partial charge in [0.05, 0.1) is 6.04 Å². The third-order valence-corrected chi connectivity index (χ3v) is 2.15. The zero-order valence-corrected chi connectivity index (χ0v) is 6.99. The Labute approximate surface area is 71.6 Å². The van der Waals surface area contributed by atoms with Crippen LogP contribution in [0.4, 0.5) is 0 Å². The molecule has 0 amide bonds. The molecule has 1 aromatic carbocycles. The first-order valence-corrected chi connectivity index (χ1v) is 4.11. The number of phenols is 1. The molecule has 1 aromatic rings. The second-order valence-corrected chi connectivity index (χ2v) is 3.18. The van der Waals surface area contributed by atoms with Gasteiger partial charge >= 0.3 is 0 Å². The summed E-state index contributed by atoms with van der Waals surface area (Å²) in [5.74, 6) is 0.336. The fourth-order valence-corrected chi connectivity index (χ4v) is 1.50. The second kappa shape index (κ2) is 2.63. The molecule has 0 aliphatic carbocycles. The molecular formula is C10H11NO. The molecule has 0 fully saturated rings. The summed E-state index contributed by atoms with van der Waals surface area (Å²) in [6, 6.07) is 5.96. The van der Waals surface area contributed by atoms with Gasteiger partial charge in [0.1, 0.15) is 5.75 Å². The molecule has 12 heavy (non-hydrogen) atoms. The first kappa shape index (κ1) is 7.35. The van der Waals surface area contributed by atoms with E-state index in [2.05, 4.69) is 11.9 Å². The Morgan fingerprint density at radius 1 is 1.50 bits per heavy atom. The Hall–Kier alpha value is -1.31. The number of aromatic hydroxyl groups is 1. The highest BCUT2D eigenvalue weighted by molar-refractivity contribution is 5.86. The van der Waals surface area contributed by atoms with Crippen molar-refractivity contribution in [3.05, 3.63) is 29.3 Å². The van der Waals surface area contributed by atoms with Crippen LogP contribution in [0.1, 0.15) is 18.1 Å². The molecule has 2 rings (SSSR count). The smallest absolute Gasteiger partial charge is 0.124 e. The first-order valence-electron chi connectivity index (χ1n) is 4.11. The zero-order chi connectivity index (χ0) is 8.55. The van der Waals surface area contributed by atoms with E-state index in [1.807, 2.05) is 12.1 Å². The Bertz CT molecular complexity index is 331. The third kappa shape index (κ3) is 1.09. The van der Waals surface area contributed by atoms with Gasteiger partial charge in [-0.1, -0.05) is 12.1 Å². The molecule has 0 saturated carbocycles. The van der Waals surface area contributed by atoms with Crippen molar-refractivity contribution in [1.82, 2.24) is 0 Å². The minimum Gasteiger partial charge on any atom is -0.507 e. The predicted molar refractivity (Wildman–Crippen MR) is 48.9 cm³/mol. The van der Waals surface area contributed by atoms with Crippen molar-refractivity contribution < 1.29 is 5.11 Å². The van der Waals surface area contributed by atoms with Gasteiger partial charge in [-0.05, 0) is 25.0 Å². The summed E-state index contributed by atoms with van der Waals surface area (Å²) >= 11 is 0. The minimum atomic E-state index is 0.336. The van der Waals surface area contributed by atoms with Crippen LogP contribution >= 0.6 is 0 Å². The van der Waals surface area contributed by atoms with Crippen LogP contribution in [0.2, 0.25) is 0 Å². The first-order chi connectivity index (χ1) is 5.77. The number of benzene rings is 1. The van der Waals surface area contributed by atoms with Crippen molar-refractivity contribution in [1.29, 1.82) is 0 Å². The van der Waals surface area contributed by atoms with E-state index in [-0.39, 0.29) is 0 Å². The number of hydrogen-bond acceptors (Lipinski definition) is 2. The minimum absolute atomic E-state index is 0.336. The van der Waals surface area contributed by atoms with Crippen molar-refractivity contribution >= 4 is 6.21 Å². The number of aliphatic imine (C=N–C) groups is 1. The van der Waals surface area contributed by atoms with E-state index < -0.39 is 0 Å². The fourth-order valence-electron chi connectivity index (χ4n) is 1.50. The third-order valence-electron chi connectivity index (χ3n) is 2.15. The highest BCUT2D eigenvalue weighted by Gasteiger charge is 2.12. The van der Waals surface area contributed by atoms with Crippen molar-refractivity contribution in [3.63, 3.8) is 0 Å². The molecule has 2 heteroatoms. The average molecular weight is 161 g/mol. The summed E-state index contributed by atoms with van der Waals surface area (Å²) in [6.07, 6.45) is 2.69. The van der Waals surface area contributed by atoms with Crippen LogP contribution in [-0.4, -0.2) is 17.4 Å². The van der Waals surface area contributed by atoms with Crippen molar-refractivity contribution in [2.24, 2.45) is 4.99 Å². The second-order valence-electron chi connectivity index (χ2n) is 3.18. The van der Waals surface area contributed by atoms with E-state index in [1.54, 1.807) is 12.3 Å². The highest BCUT2D eigenvalue weighted by atomic mass is 16.3. The maximum Gasteiger partial charge on any atom is 0.124 e. The summed E-state index contributed by atoms with van der Waals surface area (Å²) in [6.45, 7) is 2.07. The molecule has 2 nitrogen and oxygen atoms in total. The molecule has 1 aliphatic heterocycles. The SMILES string of the molecule is CC1Cc2cccc(O)c2C=N1. The van der Waals surface area contributed by atoms with Crippen molar-refractivity contribution in [2.45, 2.75) is 19.4 Å². The van der Waals surface area contributed by atoms with Gasteiger partial charge in [0.15, 0.2) is 0 Å². The van der Waals surface area contributed by atoms with Crippen LogP contribution in [0.15, 0.2) is 23.2 Å². The number of rotatable bonds is 0. The van der Waals surface area contributed by atoms with Crippen molar-refractivity contribution in [2.75, 3.05) is 0 Å². The Morgan fingerprint density at radius 3 is 3.17 bits per heavy atom. The summed E-state index contributed by atoms with van der Waals surface area (Å²) in [4.78, 5) is 4.25. The largest absolute Gasteiger partial charge is 0.507 e. The Kier molecular flexibility index (Phi) is 1.61. The molecular weight excluding hydrogens is 150 g/mol. The molecule has 0 saturated heterocycles. The van der Waals surface area contributed by atoms with Gasteiger partial charge in [-0.15, -0.1) is 0 Å². The van der Waals surface area contributed by atoms with Crippen LogP contribution in [0, 0.1) is 0 Å². The van der Waals surface area contributed by atoms with Gasteiger partial charge in [0, 0.05) is 11.8 Å². The topological polar surface area (TPSA) is 32.6 Å². The fraction of sp³-hybridized carbons (Fsp3) is 0.300. The van der Waals surface area contributed by atoms with E-state index in [4.69, 9.17) is 0 Å². The standard InChI is InChI=1S/C10H11NO/c1-7-5-8-3-2-4-10(12)9(8)6-11-7/h2-4,6-7,12H,5H2,1H3. The lowest BCUT2D eigenvalue weighted by atomic mass is 9.98. The van der Waals surface area contributed by atoms with Gasteiger partial charge in [-0.3, -0.25) is 4.99 Å². The Balaban J connectivity index is 2.53. The molecule has 62 valence electrons. The molecule has 1 aliphatic rings. The van der Waals surface area contributed by atoms with Gasteiger partial charge in [0.2, 0.25) is 0 Å². The maximum absolute atomic E-state index is 9.45. The highest BCUT2D eigenvalue weighted by Crippen LogP contribution is 2.23. The monoisotopic (exact) mass is 161 g/mol. The lowest BCUT2D eigenvalue weighted by Crippen LogP contribution is -2.11. The number of fused-ring (bicyclic) bond motifs is 1. The molecule has 1 unspecified atom stereocenters. The zero-order valence-electron chi connectivity index (χ0n) is 6.99. The molecule has 1 N–H and O–H groups in total. The van der Waals surface area contributed by atoms with E-state index in [1.165, 1.54) is 5.56 Å². The predicted octanol–water partition coefficient (Wildman–Crippen LogP) is 1.76. The van der Waals surface area contributed by atoms with Gasteiger partial charge in [-0.2, -0.15) is 0 Å². The van der Waals surface area contributed by atoms with Crippen LogP contribution in [0.5, 0.6) is 5.75 Å². The lowest BCUT2D eigenvalue weighted by molar-refractivity contribution is 0.472. The van der Waals surface area contributed by atoms with Gasteiger partial charge in [-0.25, -0.2) is 0 Å². The molecule has 0 aromatic heterocycles. The lowest BCUT2D eigenvalue weighted by Gasteiger charge is -2.15. The Morgan fingerprint density at radius 2 is 2.33 bits per heavy atom. The molecule has 1 heterocycles. The van der Waals surface area contributed by atoms with E-state index in [9.17, 15) is 5.11 Å². The summed E-state index contributed by atoms with van der Waals surface area (Å²) in [7, 11) is 0. The molecule has 0 bridgehead atoms. The number of nitrogens with zero attached hydrogens (tertiary/aromatic N) is 1. The average Bonchev–Trinajstić information content (AvgIpc) is 2.04. The molecule has 0 spiro atoms. The van der Waals surface area contributed by atoms with Crippen LogP contribution < -0.4 is 0 Å². The maximum atomic E-state index is 9.45. The van der Waals surface area contributed by atoms with Crippen molar-refractivity contribution in [3.8, 4) is 5.75 Å². The van der Waals surface area contributed by atoms with Crippen LogP contribution in [0.3, 0.4) is 0 Å². The summed E-state index contributed by atoms with van der Waals surface area (Å²) in [5.41, 5.74) is 2.08. The quantitative estimate of drug-likeness (QED) is 0.617. The normalized spacial score (nSPS) is 20.6. The van der Waals surface area contributed by atoms with Gasteiger partial charge in [0.25, 0.3) is 0 Å².